The lowest BCUT2D eigenvalue weighted by molar-refractivity contribution is 0.112. The van der Waals surface area contributed by atoms with Gasteiger partial charge in [-0.05, 0) is 25.5 Å². The Morgan fingerprint density at radius 3 is 2.60 bits per heavy atom. The van der Waals surface area contributed by atoms with E-state index < -0.39 is 0 Å². The predicted molar refractivity (Wildman–Crippen MR) is 62.8 cm³/mol. The van der Waals surface area contributed by atoms with E-state index in [2.05, 4.69) is 0 Å². The van der Waals surface area contributed by atoms with Crippen molar-refractivity contribution in [2.75, 3.05) is 0 Å². The number of rotatable bonds is 1. The molecule has 0 aliphatic heterocycles. The quantitative estimate of drug-likeness (QED) is 0.678. The molecule has 2 rings (SSSR count). The topological polar surface area (TPSA) is 22.0 Å². The number of nitrogens with zero attached hydrogens (tertiary/aromatic N) is 1. The van der Waals surface area contributed by atoms with Gasteiger partial charge in [-0.25, -0.2) is 0 Å². The number of benzene rings is 1. The minimum absolute atomic E-state index is 0.640. The summed E-state index contributed by atoms with van der Waals surface area (Å²) in [5, 5.41) is 1.51. The van der Waals surface area contributed by atoms with Gasteiger partial charge >= 0.3 is 0 Å². The van der Waals surface area contributed by atoms with Gasteiger partial charge in [0, 0.05) is 23.7 Å². The van der Waals surface area contributed by atoms with Gasteiger partial charge in [-0.3, -0.25) is 4.79 Å². The number of hydrogen-bond acceptors (Lipinski definition) is 1. The number of carbonyl (C=O) groups excluding carboxylic acids is 1. The van der Waals surface area contributed by atoms with Crippen LogP contribution in [0.1, 0.15) is 21.6 Å². The second-order valence-electron chi connectivity index (χ2n) is 3.76. The van der Waals surface area contributed by atoms with Crippen LogP contribution in [0.5, 0.6) is 0 Å². The second-order valence-corrected chi connectivity index (χ2v) is 4.17. The summed E-state index contributed by atoms with van der Waals surface area (Å²) in [5.41, 5.74) is 3.83. The molecule has 0 unspecified atom stereocenters. The summed E-state index contributed by atoms with van der Waals surface area (Å²) in [6.45, 7) is 3.95. The van der Waals surface area contributed by atoms with Crippen LogP contribution in [-0.4, -0.2) is 10.9 Å². The number of aldehydes is 1. The van der Waals surface area contributed by atoms with Gasteiger partial charge < -0.3 is 4.57 Å². The minimum Gasteiger partial charge on any atom is -0.347 e. The molecule has 0 radical (unpaired) electrons. The molecule has 0 saturated carbocycles. The lowest BCUT2D eigenvalue weighted by Crippen LogP contribution is -1.92. The smallest absolute Gasteiger partial charge is 0.152 e. The zero-order valence-electron chi connectivity index (χ0n) is 8.97. The third kappa shape index (κ3) is 1.29. The zero-order chi connectivity index (χ0) is 11.2. The van der Waals surface area contributed by atoms with E-state index in [9.17, 15) is 4.79 Å². The van der Waals surface area contributed by atoms with Crippen LogP contribution in [0.25, 0.3) is 10.9 Å². The Labute approximate surface area is 93.5 Å². The van der Waals surface area contributed by atoms with Gasteiger partial charge in [-0.2, -0.15) is 0 Å². The molecular formula is C12H12ClNO. The lowest BCUT2D eigenvalue weighted by Gasteiger charge is -2.02. The number of hydrogen-bond donors (Lipinski definition) is 0. The molecule has 0 fully saturated rings. The van der Waals surface area contributed by atoms with E-state index in [0.717, 1.165) is 28.4 Å². The molecule has 0 spiro atoms. The first-order valence-electron chi connectivity index (χ1n) is 4.77. The standard InChI is InChI=1S/C12H12ClNO/c1-7-4-5-10(13)11-9(6-15)8(2)14(3)12(7)11/h4-6H,1-3H3. The second kappa shape index (κ2) is 3.38. The number of aryl methyl sites for hydroxylation is 2. The Morgan fingerprint density at radius 1 is 1.33 bits per heavy atom. The number of aromatic nitrogens is 1. The van der Waals surface area contributed by atoms with Crippen LogP contribution in [0.4, 0.5) is 0 Å². The Bertz CT molecular complexity index is 554. The normalized spacial score (nSPS) is 10.9. The predicted octanol–water partition coefficient (Wildman–Crippen LogP) is 3.26. The largest absolute Gasteiger partial charge is 0.347 e. The average molecular weight is 222 g/mol. The van der Waals surface area contributed by atoms with Crippen LogP contribution >= 0.6 is 11.6 Å². The molecule has 3 heteroatoms. The third-order valence-corrected chi connectivity index (χ3v) is 3.26. The molecule has 0 atom stereocenters. The van der Waals surface area contributed by atoms with E-state index >= 15 is 0 Å². The summed E-state index contributed by atoms with van der Waals surface area (Å²) < 4.78 is 2.01. The highest BCUT2D eigenvalue weighted by molar-refractivity contribution is 6.36. The van der Waals surface area contributed by atoms with Gasteiger partial charge in [-0.1, -0.05) is 17.7 Å². The van der Waals surface area contributed by atoms with Gasteiger partial charge in [0.2, 0.25) is 0 Å². The third-order valence-electron chi connectivity index (χ3n) is 2.94. The summed E-state index contributed by atoms with van der Waals surface area (Å²) in [7, 11) is 1.95. The van der Waals surface area contributed by atoms with E-state index in [1.807, 2.05) is 37.6 Å². The molecule has 78 valence electrons. The number of carbonyl (C=O) groups is 1. The fraction of sp³-hybridized carbons (Fsp3) is 0.250. The summed E-state index contributed by atoms with van der Waals surface area (Å²) in [4.78, 5) is 11.0. The van der Waals surface area contributed by atoms with Crippen molar-refractivity contribution in [2.24, 2.45) is 7.05 Å². The molecule has 1 heterocycles. The highest BCUT2D eigenvalue weighted by Gasteiger charge is 2.15. The number of halogens is 1. The van der Waals surface area contributed by atoms with Gasteiger partial charge in [0.15, 0.2) is 6.29 Å². The fourth-order valence-electron chi connectivity index (χ4n) is 2.03. The molecule has 0 bridgehead atoms. The van der Waals surface area contributed by atoms with Crippen molar-refractivity contribution in [3.8, 4) is 0 Å². The highest BCUT2D eigenvalue weighted by Crippen LogP contribution is 2.32. The van der Waals surface area contributed by atoms with Gasteiger partial charge in [0.1, 0.15) is 0 Å². The van der Waals surface area contributed by atoms with Crippen molar-refractivity contribution in [2.45, 2.75) is 13.8 Å². The zero-order valence-corrected chi connectivity index (χ0v) is 9.72. The summed E-state index contributed by atoms with van der Waals surface area (Å²) in [6, 6.07) is 3.81. The van der Waals surface area contributed by atoms with Crippen LogP contribution in [0.2, 0.25) is 5.02 Å². The van der Waals surface area contributed by atoms with E-state index in [1.54, 1.807) is 0 Å². The van der Waals surface area contributed by atoms with Crippen LogP contribution in [0.15, 0.2) is 12.1 Å². The molecule has 2 nitrogen and oxygen atoms in total. The molecule has 0 aliphatic rings. The number of fused-ring (bicyclic) bond motifs is 1. The molecule has 2 aromatic rings. The summed E-state index contributed by atoms with van der Waals surface area (Å²) in [6.07, 6.45) is 0.878. The molecule has 0 N–H and O–H groups in total. The first-order valence-corrected chi connectivity index (χ1v) is 5.15. The molecular weight excluding hydrogens is 210 g/mol. The molecule has 15 heavy (non-hydrogen) atoms. The molecule has 1 aromatic carbocycles. The van der Waals surface area contributed by atoms with Crippen LogP contribution in [0.3, 0.4) is 0 Å². The van der Waals surface area contributed by atoms with Crippen LogP contribution in [-0.2, 0) is 7.05 Å². The van der Waals surface area contributed by atoms with E-state index in [1.165, 1.54) is 0 Å². The lowest BCUT2D eigenvalue weighted by atomic mass is 10.1. The summed E-state index contributed by atoms with van der Waals surface area (Å²) in [5.74, 6) is 0. The molecule has 0 amide bonds. The maximum atomic E-state index is 11.0. The monoisotopic (exact) mass is 221 g/mol. The van der Waals surface area contributed by atoms with Crippen molar-refractivity contribution in [1.29, 1.82) is 0 Å². The van der Waals surface area contributed by atoms with Crippen LogP contribution in [0, 0.1) is 13.8 Å². The Balaban J connectivity index is 3.09. The van der Waals surface area contributed by atoms with E-state index in [4.69, 9.17) is 11.6 Å². The van der Waals surface area contributed by atoms with Gasteiger partial charge in [0.05, 0.1) is 10.5 Å². The first-order chi connectivity index (χ1) is 7.07. The molecule has 1 aromatic heterocycles. The fourth-order valence-corrected chi connectivity index (χ4v) is 2.29. The van der Waals surface area contributed by atoms with Gasteiger partial charge in [-0.15, -0.1) is 0 Å². The van der Waals surface area contributed by atoms with Crippen molar-refractivity contribution in [3.05, 3.63) is 34.0 Å². The summed E-state index contributed by atoms with van der Waals surface area (Å²) >= 11 is 6.13. The maximum Gasteiger partial charge on any atom is 0.152 e. The van der Waals surface area contributed by atoms with Gasteiger partial charge in [0.25, 0.3) is 0 Å². The van der Waals surface area contributed by atoms with Crippen molar-refractivity contribution >= 4 is 28.8 Å². The highest BCUT2D eigenvalue weighted by atomic mass is 35.5. The van der Waals surface area contributed by atoms with E-state index in [0.29, 0.717) is 10.6 Å². The minimum atomic E-state index is 0.640. The maximum absolute atomic E-state index is 11.0. The Hall–Kier alpha value is -1.28. The average Bonchev–Trinajstić information content (AvgIpc) is 2.47. The van der Waals surface area contributed by atoms with Crippen molar-refractivity contribution in [1.82, 2.24) is 4.57 Å². The molecule has 0 saturated heterocycles. The molecule has 0 aliphatic carbocycles. The van der Waals surface area contributed by atoms with Crippen molar-refractivity contribution in [3.63, 3.8) is 0 Å². The Kier molecular flexibility index (Phi) is 2.31. The Morgan fingerprint density at radius 2 is 2.00 bits per heavy atom. The van der Waals surface area contributed by atoms with E-state index in [-0.39, 0.29) is 0 Å². The SMILES string of the molecule is Cc1ccc(Cl)c2c(C=O)c(C)n(C)c12. The van der Waals surface area contributed by atoms with Crippen molar-refractivity contribution < 1.29 is 4.79 Å². The van der Waals surface area contributed by atoms with Crippen LogP contribution < -0.4 is 0 Å². The first kappa shape index (κ1) is 10.2.